The Morgan fingerprint density at radius 2 is 2.17 bits per heavy atom. The van der Waals surface area contributed by atoms with E-state index in [0.29, 0.717) is 0 Å². The summed E-state index contributed by atoms with van der Waals surface area (Å²) < 4.78 is 42.3. The van der Waals surface area contributed by atoms with E-state index >= 15 is 0 Å². The molecule has 24 heavy (non-hydrogen) atoms. The molecule has 1 unspecified atom stereocenters. The van der Waals surface area contributed by atoms with E-state index in [9.17, 15) is 12.8 Å². The third kappa shape index (κ3) is 3.67. The van der Waals surface area contributed by atoms with Crippen molar-refractivity contribution in [3.05, 3.63) is 69.9 Å². The van der Waals surface area contributed by atoms with Crippen molar-refractivity contribution < 1.29 is 12.8 Å². The molecule has 9 heteroatoms. The molecule has 0 radical (unpaired) electrons. The third-order valence-electron chi connectivity index (χ3n) is 3.38. The van der Waals surface area contributed by atoms with E-state index in [-0.39, 0.29) is 22.5 Å². The fourth-order valence-corrected chi connectivity index (χ4v) is 4.32. The summed E-state index contributed by atoms with van der Waals surface area (Å²) in [5.41, 5.74) is 0. The highest BCUT2D eigenvalue weighted by Gasteiger charge is 2.21. The standard InChI is InChI=1S/C15H13ClFN3O2S2/c16-12-9-11(4-5-13(12)17)24(21,22)19-10-14(15-3-1-8-23-15)20-7-2-6-18-20/h1-9,14,19H,10H2. The molecular weight excluding hydrogens is 373 g/mol. The Morgan fingerprint density at radius 3 is 2.79 bits per heavy atom. The third-order valence-corrected chi connectivity index (χ3v) is 6.07. The van der Waals surface area contributed by atoms with Crippen molar-refractivity contribution in [2.45, 2.75) is 10.9 Å². The first-order chi connectivity index (χ1) is 11.5. The number of rotatable bonds is 6. The van der Waals surface area contributed by atoms with Gasteiger partial charge in [0.1, 0.15) is 5.82 Å². The molecule has 2 aromatic heterocycles. The molecule has 1 N–H and O–H groups in total. The summed E-state index contributed by atoms with van der Waals surface area (Å²) in [6.07, 6.45) is 3.41. The van der Waals surface area contributed by atoms with Crippen LogP contribution in [0, 0.1) is 5.82 Å². The maximum absolute atomic E-state index is 13.2. The lowest BCUT2D eigenvalue weighted by molar-refractivity contribution is 0.511. The van der Waals surface area contributed by atoms with E-state index in [0.717, 1.165) is 17.0 Å². The van der Waals surface area contributed by atoms with E-state index in [1.807, 2.05) is 17.5 Å². The van der Waals surface area contributed by atoms with Crippen LogP contribution < -0.4 is 4.72 Å². The first kappa shape index (κ1) is 17.1. The molecule has 0 aliphatic rings. The van der Waals surface area contributed by atoms with Crippen LogP contribution in [0.15, 0.2) is 59.1 Å². The van der Waals surface area contributed by atoms with Crippen molar-refractivity contribution in [3.8, 4) is 0 Å². The van der Waals surface area contributed by atoms with Crippen LogP contribution >= 0.6 is 22.9 Å². The fourth-order valence-electron chi connectivity index (χ4n) is 2.19. The van der Waals surface area contributed by atoms with Crippen molar-refractivity contribution >= 4 is 33.0 Å². The highest BCUT2D eigenvalue weighted by atomic mass is 35.5. The predicted octanol–water partition coefficient (Wildman–Crippen LogP) is 3.31. The zero-order valence-electron chi connectivity index (χ0n) is 12.3. The number of hydrogen-bond acceptors (Lipinski definition) is 4. The van der Waals surface area contributed by atoms with Crippen LogP contribution in [0.25, 0.3) is 0 Å². The van der Waals surface area contributed by atoms with Gasteiger partial charge in [0, 0.05) is 23.8 Å². The van der Waals surface area contributed by atoms with E-state index in [1.165, 1.54) is 17.4 Å². The molecule has 5 nitrogen and oxygen atoms in total. The van der Waals surface area contributed by atoms with Gasteiger partial charge in [-0.15, -0.1) is 11.3 Å². The van der Waals surface area contributed by atoms with Crippen LogP contribution in [0.3, 0.4) is 0 Å². The van der Waals surface area contributed by atoms with Gasteiger partial charge in [-0.05, 0) is 35.7 Å². The van der Waals surface area contributed by atoms with Gasteiger partial charge in [-0.1, -0.05) is 17.7 Å². The molecule has 0 saturated carbocycles. The van der Waals surface area contributed by atoms with Gasteiger partial charge in [-0.25, -0.2) is 17.5 Å². The number of sulfonamides is 1. The Bertz CT molecular complexity index is 878. The van der Waals surface area contributed by atoms with Crippen LogP contribution in [0.1, 0.15) is 10.9 Å². The van der Waals surface area contributed by atoms with Crippen LogP contribution in [-0.2, 0) is 10.0 Å². The van der Waals surface area contributed by atoms with E-state index < -0.39 is 15.8 Å². The molecule has 1 aromatic carbocycles. The smallest absolute Gasteiger partial charge is 0.240 e. The van der Waals surface area contributed by atoms with Gasteiger partial charge in [0.05, 0.1) is 16.0 Å². The molecule has 1 atom stereocenters. The summed E-state index contributed by atoms with van der Waals surface area (Å²) >= 11 is 7.18. The Balaban J connectivity index is 1.82. The molecule has 3 aromatic rings. The van der Waals surface area contributed by atoms with Gasteiger partial charge >= 0.3 is 0 Å². The maximum atomic E-state index is 13.2. The lowest BCUT2D eigenvalue weighted by Gasteiger charge is -2.17. The molecular formula is C15H13ClFN3O2S2. The normalized spacial score (nSPS) is 13.1. The minimum absolute atomic E-state index is 0.0840. The van der Waals surface area contributed by atoms with E-state index in [1.54, 1.807) is 23.1 Å². The second-order valence-corrected chi connectivity index (χ2v) is 8.10. The lowest BCUT2D eigenvalue weighted by Crippen LogP contribution is -2.31. The number of benzene rings is 1. The minimum atomic E-state index is -3.81. The SMILES string of the molecule is O=S(=O)(NCC(c1cccs1)n1cccn1)c1ccc(F)c(Cl)c1. The number of halogens is 2. The van der Waals surface area contributed by atoms with Crippen LogP contribution in [0.5, 0.6) is 0 Å². The van der Waals surface area contributed by atoms with Crippen molar-refractivity contribution in [3.63, 3.8) is 0 Å². The first-order valence-corrected chi connectivity index (χ1v) is 9.69. The predicted molar refractivity (Wildman–Crippen MR) is 91.3 cm³/mol. The number of nitrogens with one attached hydrogen (secondary N) is 1. The summed E-state index contributed by atoms with van der Waals surface area (Å²) in [5, 5.41) is 5.87. The van der Waals surface area contributed by atoms with Crippen LogP contribution in [0.2, 0.25) is 5.02 Å². The lowest BCUT2D eigenvalue weighted by atomic mass is 10.2. The summed E-state index contributed by atoms with van der Waals surface area (Å²) in [4.78, 5) is 0.887. The molecule has 0 aliphatic heterocycles. The second-order valence-electron chi connectivity index (χ2n) is 4.95. The average molecular weight is 386 g/mol. The van der Waals surface area contributed by atoms with E-state index in [2.05, 4.69) is 9.82 Å². The molecule has 0 bridgehead atoms. The van der Waals surface area contributed by atoms with Gasteiger partial charge in [0.25, 0.3) is 0 Å². The zero-order valence-corrected chi connectivity index (χ0v) is 14.7. The number of hydrogen-bond donors (Lipinski definition) is 1. The number of nitrogens with zero attached hydrogens (tertiary/aromatic N) is 2. The van der Waals surface area contributed by atoms with Crippen molar-refractivity contribution in [1.29, 1.82) is 0 Å². The topological polar surface area (TPSA) is 64.0 Å². The Hall–Kier alpha value is -1.74. The molecule has 126 valence electrons. The first-order valence-electron chi connectivity index (χ1n) is 6.94. The van der Waals surface area contributed by atoms with Crippen molar-refractivity contribution in [2.75, 3.05) is 6.54 Å². The number of aromatic nitrogens is 2. The molecule has 0 fully saturated rings. The van der Waals surface area contributed by atoms with Gasteiger partial charge in [0.2, 0.25) is 10.0 Å². The molecule has 2 heterocycles. The number of thiophene rings is 1. The second kappa shape index (κ2) is 7.02. The minimum Gasteiger partial charge on any atom is -0.263 e. The quantitative estimate of drug-likeness (QED) is 0.708. The molecule has 0 saturated heterocycles. The van der Waals surface area contributed by atoms with E-state index in [4.69, 9.17) is 11.6 Å². The zero-order chi connectivity index (χ0) is 17.2. The summed E-state index contributed by atoms with van der Waals surface area (Å²) in [6.45, 7) is 0.111. The molecule has 0 aliphatic carbocycles. The van der Waals surface area contributed by atoms with Crippen molar-refractivity contribution in [2.24, 2.45) is 0 Å². The Labute approximate surface area is 147 Å². The summed E-state index contributed by atoms with van der Waals surface area (Å²) in [6, 6.07) is 8.61. The Morgan fingerprint density at radius 1 is 1.33 bits per heavy atom. The van der Waals surface area contributed by atoms with Crippen molar-refractivity contribution in [1.82, 2.24) is 14.5 Å². The van der Waals surface area contributed by atoms with Gasteiger partial charge in [-0.2, -0.15) is 5.10 Å². The van der Waals surface area contributed by atoms with Gasteiger partial charge in [0.15, 0.2) is 0 Å². The van der Waals surface area contributed by atoms with Crippen LogP contribution in [0.4, 0.5) is 4.39 Å². The summed E-state index contributed by atoms with van der Waals surface area (Å²) in [7, 11) is -3.81. The highest BCUT2D eigenvalue weighted by Crippen LogP contribution is 2.23. The highest BCUT2D eigenvalue weighted by molar-refractivity contribution is 7.89. The average Bonchev–Trinajstić information content (AvgIpc) is 3.24. The molecule has 3 rings (SSSR count). The maximum Gasteiger partial charge on any atom is 0.240 e. The van der Waals surface area contributed by atoms with Crippen LogP contribution in [-0.4, -0.2) is 24.7 Å². The molecule has 0 spiro atoms. The van der Waals surface area contributed by atoms with Gasteiger partial charge in [-0.3, -0.25) is 4.68 Å². The monoisotopic (exact) mass is 385 g/mol. The fraction of sp³-hybridized carbons (Fsp3) is 0.133. The van der Waals surface area contributed by atoms with Gasteiger partial charge < -0.3 is 0 Å². The summed E-state index contributed by atoms with van der Waals surface area (Å²) in [5.74, 6) is -0.663. The Kier molecular flexibility index (Phi) is 5.00. The molecule has 0 amide bonds. The largest absolute Gasteiger partial charge is 0.263 e.